The Bertz CT molecular complexity index is 1170. The van der Waals surface area contributed by atoms with Gasteiger partial charge in [-0.25, -0.2) is 4.99 Å². The Balaban J connectivity index is 1.66. The number of methoxy groups -OCH3 is 1. The molecular weight excluding hydrogens is 350 g/mol. The van der Waals surface area contributed by atoms with Crippen molar-refractivity contribution in [1.82, 2.24) is 4.98 Å². The van der Waals surface area contributed by atoms with Gasteiger partial charge in [-0.15, -0.1) is 0 Å². The van der Waals surface area contributed by atoms with Gasteiger partial charge in [0.2, 0.25) is 5.78 Å². The normalized spacial score (nSPS) is 20.9. The molecule has 2 aliphatic heterocycles. The van der Waals surface area contributed by atoms with Gasteiger partial charge in [0.15, 0.2) is 5.60 Å². The molecule has 0 spiro atoms. The smallest absolute Gasteiger partial charge is 0.204 e. The summed E-state index contributed by atoms with van der Waals surface area (Å²) in [6.45, 7) is 4.65. The van der Waals surface area contributed by atoms with E-state index in [-0.39, 0.29) is 5.78 Å². The summed E-state index contributed by atoms with van der Waals surface area (Å²) in [6.07, 6.45) is 0.582. The molecule has 0 N–H and O–H groups in total. The van der Waals surface area contributed by atoms with Crippen molar-refractivity contribution in [1.29, 1.82) is 0 Å². The fraction of sp³-hybridized carbons (Fsp3) is 0.261. The largest absolute Gasteiger partial charge is 0.362 e. The van der Waals surface area contributed by atoms with Crippen LogP contribution in [0, 0.1) is 13.8 Å². The Hall–Kier alpha value is -3.05. The van der Waals surface area contributed by atoms with E-state index in [0.717, 1.165) is 27.8 Å². The van der Waals surface area contributed by atoms with Crippen molar-refractivity contribution >= 4 is 33.9 Å². The van der Waals surface area contributed by atoms with Crippen LogP contribution in [0.25, 0.3) is 10.9 Å². The van der Waals surface area contributed by atoms with Crippen LogP contribution in [-0.2, 0) is 4.74 Å². The standard InChI is InChI=1S/C23H21N3O2/c1-14-4-8-20-18(12-14)21(27)23(28-3)10-11-26(22(23)25-20)17-7-9-19-16(13-17)6-5-15(2)24-19/h4-9,12-13H,10-11H2,1-3H3/t23-/m1/s1. The first-order valence-corrected chi connectivity index (χ1v) is 9.46. The number of anilines is 1. The van der Waals surface area contributed by atoms with E-state index in [2.05, 4.69) is 22.0 Å². The van der Waals surface area contributed by atoms with Gasteiger partial charge in [0.05, 0.1) is 11.2 Å². The molecule has 3 aromatic rings. The monoisotopic (exact) mass is 371 g/mol. The van der Waals surface area contributed by atoms with Crippen LogP contribution in [0.2, 0.25) is 0 Å². The maximum atomic E-state index is 13.4. The number of hydrogen-bond donors (Lipinski definition) is 0. The SMILES string of the molecule is CO[C@@]12CCN(c3ccc4nc(C)ccc4c3)C1=Nc1ccc(C)cc1C2=O. The van der Waals surface area contributed by atoms with E-state index in [1.807, 2.05) is 50.2 Å². The molecule has 0 saturated carbocycles. The predicted molar refractivity (Wildman–Crippen MR) is 111 cm³/mol. The van der Waals surface area contributed by atoms with Crippen LogP contribution in [0.4, 0.5) is 11.4 Å². The molecule has 1 fully saturated rings. The van der Waals surface area contributed by atoms with Crippen molar-refractivity contribution in [2.24, 2.45) is 4.99 Å². The van der Waals surface area contributed by atoms with Crippen LogP contribution in [0.5, 0.6) is 0 Å². The van der Waals surface area contributed by atoms with E-state index < -0.39 is 5.60 Å². The minimum absolute atomic E-state index is 0.000666. The third-order valence-electron chi connectivity index (χ3n) is 5.77. The van der Waals surface area contributed by atoms with Gasteiger partial charge in [0, 0.05) is 42.4 Å². The van der Waals surface area contributed by atoms with Gasteiger partial charge >= 0.3 is 0 Å². The number of ether oxygens (including phenoxy) is 1. The first-order valence-electron chi connectivity index (χ1n) is 9.46. The van der Waals surface area contributed by atoms with E-state index in [9.17, 15) is 4.79 Å². The number of hydrogen-bond acceptors (Lipinski definition) is 5. The van der Waals surface area contributed by atoms with Crippen LogP contribution < -0.4 is 4.90 Å². The summed E-state index contributed by atoms with van der Waals surface area (Å²) in [5.74, 6) is 0.676. The minimum Gasteiger partial charge on any atom is -0.362 e. The summed E-state index contributed by atoms with van der Waals surface area (Å²) in [6, 6.07) is 16.1. The number of fused-ring (bicyclic) bond motifs is 3. The van der Waals surface area contributed by atoms with E-state index in [1.165, 1.54) is 0 Å². The summed E-state index contributed by atoms with van der Waals surface area (Å²) in [5.41, 5.74) is 4.34. The van der Waals surface area contributed by atoms with Crippen LogP contribution in [0.3, 0.4) is 0 Å². The quantitative estimate of drug-likeness (QED) is 0.671. The third kappa shape index (κ3) is 2.33. The molecule has 2 aromatic carbocycles. The van der Waals surface area contributed by atoms with Gasteiger partial charge in [-0.05, 0) is 50.2 Å². The maximum Gasteiger partial charge on any atom is 0.204 e. The minimum atomic E-state index is -1.01. The molecule has 140 valence electrons. The molecule has 5 rings (SSSR count). The second-order valence-corrected chi connectivity index (χ2v) is 7.55. The maximum absolute atomic E-state index is 13.4. The Morgan fingerprint density at radius 2 is 1.93 bits per heavy atom. The number of Topliss-reactive ketones (excluding diaryl/α,β-unsaturated/α-hetero) is 1. The topological polar surface area (TPSA) is 54.8 Å². The molecule has 1 saturated heterocycles. The predicted octanol–water partition coefficient (Wildman–Crippen LogP) is 4.37. The number of rotatable bonds is 2. The average molecular weight is 371 g/mol. The van der Waals surface area contributed by atoms with E-state index in [4.69, 9.17) is 9.73 Å². The number of aromatic nitrogens is 1. The average Bonchev–Trinajstić information content (AvgIpc) is 3.08. The number of carbonyl (C=O) groups is 1. The lowest BCUT2D eigenvalue weighted by molar-refractivity contribution is 0.0388. The molecule has 0 amide bonds. The number of carbonyl (C=O) groups excluding carboxylic acids is 1. The lowest BCUT2D eigenvalue weighted by Crippen LogP contribution is -2.50. The zero-order valence-corrected chi connectivity index (χ0v) is 16.2. The van der Waals surface area contributed by atoms with E-state index >= 15 is 0 Å². The summed E-state index contributed by atoms with van der Waals surface area (Å²) in [5, 5.41) is 1.07. The molecule has 2 aliphatic rings. The van der Waals surface area contributed by atoms with E-state index in [0.29, 0.717) is 30.1 Å². The van der Waals surface area contributed by atoms with Crippen LogP contribution in [0.15, 0.2) is 53.5 Å². The van der Waals surface area contributed by atoms with Crippen molar-refractivity contribution in [2.75, 3.05) is 18.6 Å². The third-order valence-corrected chi connectivity index (χ3v) is 5.77. The molecule has 28 heavy (non-hydrogen) atoms. The summed E-state index contributed by atoms with van der Waals surface area (Å²) in [4.78, 5) is 24.9. The number of ketones is 1. The molecule has 0 unspecified atom stereocenters. The van der Waals surface area contributed by atoms with Crippen molar-refractivity contribution in [3.63, 3.8) is 0 Å². The van der Waals surface area contributed by atoms with Crippen LogP contribution in [-0.4, -0.2) is 35.9 Å². The Labute approximate surface area is 163 Å². The molecule has 0 radical (unpaired) electrons. The van der Waals surface area contributed by atoms with Crippen LogP contribution in [0.1, 0.15) is 28.0 Å². The van der Waals surface area contributed by atoms with Gasteiger partial charge in [-0.2, -0.15) is 0 Å². The fourth-order valence-corrected chi connectivity index (χ4v) is 4.25. The highest BCUT2D eigenvalue weighted by Gasteiger charge is 2.54. The number of aliphatic imine (C=N–C) groups is 1. The Morgan fingerprint density at radius 3 is 2.75 bits per heavy atom. The lowest BCUT2D eigenvalue weighted by atomic mass is 9.86. The highest BCUT2D eigenvalue weighted by atomic mass is 16.5. The molecule has 0 bridgehead atoms. The molecule has 0 aliphatic carbocycles. The zero-order chi connectivity index (χ0) is 19.5. The molecule has 5 nitrogen and oxygen atoms in total. The fourth-order valence-electron chi connectivity index (χ4n) is 4.25. The first kappa shape index (κ1) is 17.1. The van der Waals surface area contributed by atoms with Crippen molar-refractivity contribution < 1.29 is 9.53 Å². The van der Waals surface area contributed by atoms with Crippen molar-refractivity contribution in [3.8, 4) is 0 Å². The van der Waals surface area contributed by atoms with Gasteiger partial charge in [-0.1, -0.05) is 17.7 Å². The number of pyridine rings is 1. The Morgan fingerprint density at radius 1 is 1.07 bits per heavy atom. The summed E-state index contributed by atoms with van der Waals surface area (Å²) in [7, 11) is 1.60. The zero-order valence-electron chi connectivity index (χ0n) is 16.2. The highest BCUT2D eigenvalue weighted by molar-refractivity contribution is 6.28. The van der Waals surface area contributed by atoms with Gasteiger partial charge < -0.3 is 9.64 Å². The van der Waals surface area contributed by atoms with Crippen molar-refractivity contribution in [2.45, 2.75) is 25.9 Å². The molecule has 3 heterocycles. The lowest BCUT2D eigenvalue weighted by Gasteiger charge is -2.32. The second kappa shape index (κ2) is 5.97. The van der Waals surface area contributed by atoms with Gasteiger partial charge in [0.1, 0.15) is 5.84 Å². The molecule has 5 heteroatoms. The number of aryl methyl sites for hydroxylation is 2. The highest BCUT2D eigenvalue weighted by Crippen LogP contribution is 2.41. The number of amidine groups is 1. The van der Waals surface area contributed by atoms with Crippen LogP contribution >= 0.6 is 0 Å². The summed E-state index contributed by atoms with van der Waals surface area (Å²) < 4.78 is 5.83. The van der Waals surface area contributed by atoms with E-state index in [1.54, 1.807) is 7.11 Å². The molecular formula is C23H21N3O2. The number of nitrogens with zero attached hydrogens (tertiary/aromatic N) is 3. The number of benzene rings is 2. The van der Waals surface area contributed by atoms with Gasteiger partial charge in [0.25, 0.3) is 0 Å². The first-order chi connectivity index (χ1) is 13.5. The van der Waals surface area contributed by atoms with Crippen molar-refractivity contribution in [3.05, 3.63) is 65.4 Å². The Kier molecular flexibility index (Phi) is 3.64. The summed E-state index contributed by atoms with van der Waals surface area (Å²) >= 11 is 0. The second-order valence-electron chi connectivity index (χ2n) is 7.55. The van der Waals surface area contributed by atoms with Gasteiger partial charge in [-0.3, -0.25) is 9.78 Å². The molecule has 1 atom stereocenters. The molecule has 1 aromatic heterocycles.